The van der Waals surface area contributed by atoms with Gasteiger partial charge in [-0.25, -0.2) is 17.5 Å². The van der Waals surface area contributed by atoms with Crippen molar-refractivity contribution in [3.8, 4) is 0 Å². The Morgan fingerprint density at radius 1 is 1.25 bits per heavy atom. The minimum Gasteiger partial charge on any atom is -0.391 e. The molecule has 112 valence electrons. The third-order valence-corrected chi connectivity index (χ3v) is 5.94. The van der Waals surface area contributed by atoms with Gasteiger partial charge in [0.15, 0.2) is 0 Å². The number of aliphatic hydroxyl groups is 1. The van der Waals surface area contributed by atoms with Crippen LogP contribution in [0, 0.1) is 5.82 Å². The van der Waals surface area contributed by atoms with Gasteiger partial charge in [-0.2, -0.15) is 0 Å². The van der Waals surface area contributed by atoms with Crippen molar-refractivity contribution in [2.24, 2.45) is 0 Å². The summed E-state index contributed by atoms with van der Waals surface area (Å²) in [6.07, 6.45) is 3.31. The highest BCUT2D eigenvalue weighted by Crippen LogP contribution is 2.25. The van der Waals surface area contributed by atoms with Crippen LogP contribution in [0.25, 0.3) is 0 Å². The maximum Gasteiger partial charge on any atom is 0.242 e. The van der Waals surface area contributed by atoms with Gasteiger partial charge in [0.1, 0.15) is 5.82 Å². The van der Waals surface area contributed by atoms with Crippen molar-refractivity contribution >= 4 is 26.0 Å². The molecule has 1 aromatic carbocycles. The van der Waals surface area contributed by atoms with E-state index in [1.54, 1.807) is 0 Å². The molecule has 2 unspecified atom stereocenters. The first-order valence-corrected chi connectivity index (χ1v) is 8.83. The van der Waals surface area contributed by atoms with Crippen LogP contribution in [0.1, 0.15) is 32.1 Å². The van der Waals surface area contributed by atoms with Gasteiger partial charge in [-0.3, -0.25) is 0 Å². The quantitative estimate of drug-likeness (QED) is 0.808. The smallest absolute Gasteiger partial charge is 0.242 e. The van der Waals surface area contributed by atoms with Gasteiger partial charge in [0.2, 0.25) is 10.0 Å². The molecule has 0 aliphatic heterocycles. The topological polar surface area (TPSA) is 66.4 Å². The molecular weight excluding hydrogens is 349 g/mol. The van der Waals surface area contributed by atoms with Crippen LogP contribution in [0.5, 0.6) is 0 Å². The van der Waals surface area contributed by atoms with Crippen LogP contribution in [0.4, 0.5) is 4.39 Å². The van der Waals surface area contributed by atoms with Gasteiger partial charge in [-0.15, -0.1) is 0 Å². The molecular formula is C13H17BrFNO3S. The molecule has 7 heteroatoms. The second kappa shape index (κ2) is 6.51. The van der Waals surface area contributed by atoms with Crippen LogP contribution < -0.4 is 4.72 Å². The largest absolute Gasteiger partial charge is 0.391 e. The molecule has 2 atom stereocenters. The zero-order valence-corrected chi connectivity index (χ0v) is 13.3. The van der Waals surface area contributed by atoms with Crippen molar-refractivity contribution in [3.05, 3.63) is 28.5 Å². The van der Waals surface area contributed by atoms with Gasteiger partial charge in [0.05, 0.1) is 11.0 Å². The SMILES string of the molecule is O=S(=O)(NC1CCCCCC1O)c1ccc(F)cc1Br. The first kappa shape index (κ1) is 15.9. The molecule has 2 rings (SSSR count). The molecule has 0 aromatic heterocycles. The van der Waals surface area contributed by atoms with E-state index in [4.69, 9.17) is 0 Å². The van der Waals surface area contributed by atoms with Crippen molar-refractivity contribution in [2.45, 2.75) is 49.1 Å². The summed E-state index contributed by atoms with van der Waals surface area (Å²) in [5.74, 6) is -0.509. The molecule has 0 spiro atoms. The van der Waals surface area contributed by atoms with Gasteiger partial charge in [0, 0.05) is 10.5 Å². The number of nitrogens with one attached hydrogen (secondary N) is 1. The number of sulfonamides is 1. The Morgan fingerprint density at radius 2 is 1.95 bits per heavy atom. The van der Waals surface area contributed by atoms with Crippen molar-refractivity contribution < 1.29 is 17.9 Å². The van der Waals surface area contributed by atoms with E-state index < -0.39 is 28.0 Å². The lowest BCUT2D eigenvalue weighted by Gasteiger charge is -2.22. The van der Waals surface area contributed by atoms with Gasteiger partial charge >= 0.3 is 0 Å². The molecule has 0 saturated heterocycles. The van der Waals surface area contributed by atoms with Crippen LogP contribution in [-0.4, -0.2) is 25.7 Å². The molecule has 0 amide bonds. The molecule has 4 nitrogen and oxygen atoms in total. The maximum absolute atomic E-state index is 13.0. The number of hydrogen-bond acceptors (Lipinski definition) is 3. The second-order valence-corrected chi connectivity index (χ2v) is 7.54. The summed E-state index contributed by atoms with van der Waals surface area (Å²) in [4.78, 5) is -0.0182. The van der Waals surface area contributed by atoms with Crippen LogP contribution in [0.3, 0.4) is 0 Å². The predicted octanol–water partition coefficient (Wildman–Crippen LogP) is 2.56. The Bertz CT molecular complexity index is 579. The highest BCUT2D eigenvalue weighted by molar-refractivity contribution is 9.10. The van der Waals surface area contributed by atoms with Crippen LogP contribution in [-0.2, 0) is 10.0 Å². The lowest BCUT2D eigenvalue weighted by atomic mass is 10.1. The van der Waals surface area contributed by atoms with Crippen molar-refractivity contribution in [1.82, 2.24) is 4.72 Å². The molecule has 1 aromatic rings. The highest BCUT2D eigenvalue weighted by Gasteiger charge is 2.28. The Morgan fingerprint density at radius 3 is 2.65 bits per heavy atom. The lowest BCUT2D eigenvalue weighted by Crippen LogP contribution is -2.42. The van der Waals surface area contributed by atoms with Gasteiger partial charge in [-0.1, -0.05) is 19.3 Å². The van der Waals surface area contributed by atoms with E-state index in [2.05, 4.69) is 20.7 Å². The van der Waals surface area contributed by atoms with Crippen LogP contribution >= 0.6 is 15.9 Å². The molecule has 0 radical (unpaired) electrons. The van der Waals surface area contributed by atoms with E-state index in [1.165, 1.54) is 6.07 Å². The zero-order chi connectivity index (χ0) is 14.8. The monoisotopic (exact) mass is 365 g/mol. The molecule has 0 bridgehead atoms. The lowest BCUT2D eigenvalue weighted by molar-refractivity contribution is 0.130. The Labute approximate surface area is 126 Å². The van der Waals surface area contributed by atoms with Crippen molar-refractivity contribution in [1.29, 1.82) is 0 Å². The average Bonchev–Trinajstić information content (AvgIpc) is 2.54. The minimum atomic E-state index is -3.78. The zero-order valence-electron chi connectivity index (χ0n) is 10.9. The van der Waals surface area contributed by atoms with E-state index in [1.807, 2.05) is 0 Å². The molecule has 1 fully saturated rings. The van der Waals surface area contributed by atoms with Crippen LogP contribution in [0.2, 0.25) is 0 Å². The summed E-state index contributed by atoms with van der Waals surface area (Å²) in [6.45, 7) is 0. The fourth-order valence-corrected chi connectivity index (χ4v) is 4.73. The minimum absolute atomic E-state index is 0.0182. The molecule has 2 N–H and O–H groups in total. The summed E-state index contributed by atoms with van der Waals surface area (Å²) in [6, 6.07) is 2.94. The van der Waals surface area contributed by atoms with Gasteiger partial charge in [0.25, 0.3) is 0 Å². The Hall–Kier alpha value is -0.500. The summed E-state index contributed by atoms with van der Waals surface area (Å²) in [7, 11) is -3.78. The predicted molar refractivity (Wildman–Crippen MR) is 77.3 cm³/mol. The van der Waals surface area contributed by atoms with E-state index in [0.717, 1.165) is 31.4 Å². The Kier molecular flexibility index (Phi) is 5.17. The standard InChI is InChI=1S/C13H17BrFNO3S/c14-10-8-9(15)6-7-13(10)20(18,19)16-11-4-2-1-3-5-12(11)17/h6-8,11-12,16-17H,1-5H2. The van der Waals surface area contributed by atoms with E-state index in [-0.39, 0.29) is 9.37 Å². The van der Waals surface area contributed by atoms with E-state index in [0.29, 0.717) is 12.8 Å². The van der Waals surface area contributed by atoms with Gasteiger partial charge < -0.3 is 5.11 Å². The molecule has 1 aliphatic carbocycles. The summed E-state index contributed by atoms with van der Waals surface area (Å²) < 4.78 is 40.4. The molecule has 1 aliphatic rings. The number of benzene rings is 1. The summed E-state index contributed by atoms with van der Waals surface area (Å²) in [5.41, 5.74) is 0. The maximum atomic E-state index is 13.0. The normalized spacial score (nSPS) is 24.4. The number of aliphatic hydroxyl groups excluding tert-OH is 1. The van der Waals surface area contributed by atoms with Crippen molar-refractivity contribution in [3.63, 3.8) is 0 Å². The molecule has 20 heavy (non-hydrogen) atoms. The average molecular weight is 366 g/mol. The number of rotatable bonds is 3. The molecule has 1 saturated carbocycles. The van der Waals surface area contributed by atoms with Crippen LogP contribution in [0.15, 0.2) is 27.6 Å². The first-order valence-electron chi connectivity index (χ1n) is 6.55. The third kappa shape index (κ3) is 3.78. The number of hydrogen-bond donors (Lipinski definition) is 2. The van der Waals surface area contributed by atoms with E-state index >= 15 is 0 Å². The fraction of sp³-hybridized carbons (Fsp3) is 0.538. The Balaban J connectivity index is 2.21. The fourth-order valence-electron chi connectivity index (χ4n) is 2.38. The summed E-state index contributed by atoms with van der Waals surface area (Å²) in [5, 5.41) is 9.97. The highest BCUT2D eigenvalue weighted by atomic mass is 79.9. The van der Waals surface area contributed by atoms with E-state index in [9.17, 15) is 17.9 Å². The number of halogens is 2. The first-order chi connectivity index (χ1) is 9.40. The molecule has 0 heterocycles. The second-order valence-electron chi connectivity index (χ2n) is 5.01. The van der Waals surface area contributed by atoms with Gasteiger partial charge in [-0.05, 0) is 47.0 Å². The third-order valence-electron chi connectivity index (χ3n) is 3.47. The summed E-state index contributed by atoms with van der Waals surface area (Å²) >= 11 is 3.06. The van der Waals surface area contributed by atoms with Crippen molar-refractivity contribution in [2.75, 3.05) is 0 Å².